The van der Waals surface area contributed by atoms with Gasteiger partial charge in [0.15, 0.2) is 0 Å². The lowest BCUT2D eigenvalue weighted by Crippen LogP contribution is -2.26. The van der Waals surface area contributed by atoms with E-state index in [2.05, 4.69) is 16.4 Å². The van der Waals surface area contributed by atoms with Crippen molar-refractivity contribution in [1.29, 1.82) is 0 Å². The highest BCUT2D eigenvalue weighted by Gasteiger charge is 2.22. The number of nitrogens with zero attached hydrogens (tertiary/aromatic N) is 1. The van der Waals surface area contributed by atoms with Crippen LogP contribution in [0.2, 0.25) is 5.02 Å². The topological polar surface area (TPSA) is 41.5 Å². The zero-order valence-electron chi connectivity index (χ0n) is 12.1. The molecule has 1 unspecified atom stereocenters. The van der Waals surface area contributed by atoms with Crippen LogP contribution in [0.3, 0.4) is 0 Å². The second-order valence-electron chi connectivity index (χ2n) is 5.47. The first-order valence-electron chi connectivity index (χ1n) is 7.30. The second-order valence-corrected chi connectivity index (χ2v) is 7.07. The molecule has 2 heterocycles. The van der Waals surface area contributed by atoms with Crippen LogP contribution in [0.25, 0.3) is 10.1 Å². The van der Waals surface area contributed by atoms with Crippen molar-refractivity contribution in [2.45, 2.75) is 12.5 Å². The van der Waals surface area contributed by atoms with E-state index in [1.165, 1.54) is 4.70 Å². The molecular weight excluding hydrogens is 328 g/mol. The van der Waals surface area contributed by atoms with Crippen molar-refractivity contribution >= 4 is 50.8 Å². The number of benzodiazepines with no additional fused rings is 1. The molecule has 5 heteroatoms. The van der Waals surface area contributed by atoms with E-state index in [-0.39, 0.29) is 5.91 Å². The minimum atomic E-state index is -0.411. The van der Waals surface area contributed by atoms with Gasteiger partial charge in [-0.05, 0) is 35.7 Å². The first-order valence-corrected chi connectivity index (χ1v) is 8.49. The molecule has 0 bridgehead atoms. The largest absolute Gasteiger partial charge is 0.324 e. The van der Waals surface area contributed by atoms with Gasteiger partial charge in [-0.1, -0.05) is 29.8 Å². The summed E-state index contributed by atoms with van der Waals surface area (Å²) in [5.74, 6) is -0.0679. The van der Waals surface area contributed by atoms with Gasteiger partial charge < -0.3 is 5.32 Å². The average Bonchev–Trinajstić information content (AvgIpc) is 2.86. The molecule has 0 aliphatic carbocycles. The standard InChI is InChI=1S/C18H13ClN2OS/c19-13-5-6-17-12(7-13)8-14(23-17)9-16-18(22)21-15-4-2-1-3-11(15)10-20-16/h1-8,10,16H,9H2,(H,21,22). The molecule has 0 saturated carbocycles. The van der Waals surface area contributed by atoms with Crippen LogP contribution in [-0.2, 0) is 11.2 Å². The van der Waals surface area contributed by atoms with Gasteiger partial charge in [0.05, 0.1) is 0 Å². The maximum Gasteiger partial charge on any atom is 0.249 e. The molecular formula is C18H13ClN2OS. The third kappa shape index (κ3) is 2.87. The van der Waals surface area contributed by atoms with Gasteiger partial charge >= 0.3 is 0 Å². The Labute approximate surface area is 142 Å². The monoisotopic (exact) mass is 340 g/mol. The quantitative estimate of drug-likeness (QED) is 0.731. The summed E-state index contributed by atoms with van der Waals surface area (Å²) >= 11 is 7.71. The molecule has 1 N–H and O–H groups in total. The number of halogens is 1. The number of hydrogen-bond donors (Lipinski definition) is 1. The normalized spacial score (nSPS) is 16.9. The van der Waals surface area contributed by atoms with Crippen molar-refractivity contribution in [3.63, 3.8) is 0 Å². The number of carbonyl (C=O) groups excluding carboxylic acids is 1. The number of anilines is 1. The molecule has 4 rings (SSSR count). The lowest BCUT2D eigenvalue weighted by atomic mass is 10.1. The van der Waals surface area contributed by atoms with Crippen LogP contribution < -0.4 is 5.32 Å². The van der Waals surface area contributed by atoms with Gasteiger partial charge in [-0.15, -0.1) is 11.3 Å². The van der Waals surface area contributed by atoms with E-state index >= 15 is 0 Å². The first kappa shape index (κ1) is 14.4. The summed E-state index contributed by atoms with van der Waals surface area (Å²) in [6.07, 6.45) is 2.37. The minimum Gasteiger partial charge on any atom is -0.324 e. The summed E-state index contributed by atoms with van der Waals surface area (Å²) in [6, 6.07) is 15.2. The highest BCUT2D eigenvalue weighted by Crippen LogP contribution is 2.29. The van der Waals surface area contributed by atoms with Crippen molar-refractivity contribution in [2.75, 3.05) is 5.32 Å². The predicted molar refractivity (Wildman–Crippen MR) is 97.0 cm³/mol. The zero-order chi connectivity index (χ0) is 15.8. The number of aliphatic imine (C=N–C) groups is 1. The van der Waals surface area contributed by atoms with Gasteiger partial charge in [-0.25, -0.2) is 0 Å². The first-order chi connectivity index (χ1) is 11.2. The molecule has 3 aromatic rings. The number of rotatable bonds is 2. The molecule has 1 atom stereocenters. The number of nitrogens with one attached hydrogen (secondary N) is 1. The van der Waals surface area contributed by atoms with Gasteiger partial charge in [0.2, 0.25) is 5.91 Å². The Kier molecular flexibility index (Phi) is 3.63. The number of para-hydroxylation sites is 1. The molecule has 3 nitrogen and oxygen atoms in total. The summed E-state index contributed by atoms with van der Waals surface area (Å²) in [5.41, 5.74) is 1.75. The Hall–Kier alpha value is -2.17. The molecule has 1 aliphatic heterocycles. The van der Waals surface area contributed by atoms with E-state index in [4.69, 9.17) is 11.6 Å². The van der Waals surface area contributed by atoms with Crippen molar-refractivity contribution in [2.24, 2.45) is 4.99 Å². The number of amides is 1. The van der Waals surface area contributed by atoms with Gasteiger partial charge in [0.25, 0.3) is 0 Å². The summed E-state index contributed by atoms with van der Waals surface area (Å²) in [7, 11) is 0. The smallest absolute Gasteiger partial charge is 0.249 e. The summed E-state index contributed by atoms with van der Waals surface area (Å²) in [6.45, 7) is 0. The Balaban J connectivity index is 1.62. The lowest BCUT2D eigenvalue weighted by molar-refractivity contribution is -0.117. The molecule has 0 saturated heterocycles. The van der Waals surface area contributed by atoms with Crippen molar-refractivity contribution in [3.8, 4) is 0 Å². The maximum absolute atomic E-state index is 12.4. The SMILES string of the molecule is O=C1Nc2ccccc2C=NC1Cc1cc2cc(Cl)ccc2s1. The number of thiophene rings is 1. The molecule has 114 valence electrons. The van der Waals surface area contributed by atoms with Crippen molar-refractivity contribution < 1.29 is 4.79 Å². The third-order valence-corrected chi connectivity index (χ3v) is 5.21. The second kappa shape index (κ2) is 5.80. The molecule has 0 radical (unpaired) electrons. The van der Waals surface area contributed by atoms with Crippen LogP contribution in [0.15, 0.2) is 53.5 Å². The Bertz CT molecular complexity index is 932. The molecule has 1 aliphatic rings. The molecule has 23 heavy (non-hydrogen) atoms. The molecule has 1 amide bonds. The lowest BCUT2D eigenvalue weighted by Gasteiger charge is -2.09. The molecule has 0 fully saturated rings. The fourth-order valence-electron chi connectivity index (χ4n) is 2.68. The highest BCUT2D eigenvalue weighted by molar-refractivity contribution is 7.19. The van der Waals surface area contributed by atoms with E-state index in [9.17, 15) is 4.79 Å². The fourth-order valence-corrected chi connectivity index (χ4v) is 3.95. The minimum absolute atomic E-state index is 0.0679. The number of hydrogen-bond acceptors (Lipinski definition) is 3. The molecule has 2 aromatic carbocycles. The highest BCUT2D eigenvalue weighted by atomic mass is 35.5. The maximum atomic E-state index is 12.4. The van der Waals surface area contributed by atoms with Crippen LogP contribution in [-0.4, -0.2) is 18.2 Å². The van der Waals surface area contributed by atoms with Crippen LogP contribution in [0.4, 0.5) is 5.69 Å². The van der Waals surface area contributed by atoms with Crippen molar-refractivity contribution in [1.82, 2.24) is 0 Å². The van der Waals surface area contributed by atoms with Gasteiger partial charge in [0.1, 0.15) is 6.04 Å². The Morgan fingerprint density at radius 3 is 2.96 bits per heavy atom. The average molecular weight is 341 g/mol. The van der Waals surface area contributed by atoms with E-state index in [0.717, 1.165) is 26.5 Å². The third-order valence-electron chi connectivity index (χ3n) is 3.84. The Morgan fingerprint density at radius 2 is 2.04 bits per heavy atom. The summed E-state index contributed by atoms with van der Waals surface area (Å²) < 4.78 is 1.17. The Morgan fingerprint density at radius 1 is 1.17 bits per heavy atom. The van der Waals surface area contributed by atoms with Crippen LogP contribution >= 0.6 is 22.9 Å². The molecule has 0 spiro atoms. The van der Waals surface area contributed by atoms with Crippen LogP contribution in [0.1, 0.15) is 10.4 Å². The van der Waals surface area contributed by atoms with Crippen molar-refractivity contribution in [3.05, 3.63) is 64.0 Å². The van der Waals surface area contributed by atoms with Crippen LogP contribution in [0.5, 0.6) is 0 Å². The summed E-state index contributed by atoms with van der Waals surface area (Å²) in [5, 5.41) is 4.79. The van der Waals surface area contributed by atoms with Gasteiger partial charge in [0, 0.05) is 38.5 Å². The van der Waals surface area contributed by atoms with Crippen LogP contribution in [0, 0.1) is 0 Å². The summed E-state index contributed by atoms with van der Waals surface area (Å²) in [4.78, 5) is 18.0. The van der Waals surface area contributed by atoms with Gasteiger partial charge in [-0.3, -0.25) is 9.79 Å². The van der Waals surface area contributed by atoms with E-state index in [1.807, 2.05) is 42.5 Å². The predicted octanol–water partition coefficient (Wildman–Crippen LogP) is 4.54. The number of carbonyl (C=O) groups is 1. The molecule has 1 aromatic heterocycles. The van der Waals surface area contributed by atoms with E-state index in [1.54, 1.807) is 17.6 Å². The van der Waals surface area contributed by atoms with E-state index < -0.39 is 6.04 Å². The fraction of sp³-hybridized carbons (Fsp3) is 0.111. The van der Waals surface area contributed by atoms with Gasteiger partial charge in [-0.2, -0.15) is 0 Å². The number of benzene rings is 2. The zero-order valence-corrected chi connectivity index (χ0v) is 13.7. The van der Waals surface area contributed by atoms with E-state index in [0.29, 0.717) is 6.42 Å². The number of fused-ring (bicyclic) bond motifs is 2.